The van der Waals surface area contributed by atoms with Crippen molar-refractivity contribution >= 4 is 23.4 Å². The summed E-state index contributed by atoms with van der Waals surface area (Å²) in [7, 11) is 0. The lowest BCUT2D eigenvalue weighted by Gasteiger charge is -2.23. The van der Waals surface area contributed by atoms with Gasteiger partial charge in [-0.05, 0) is 37.1 Å². The quantitative estimate of drug-likeness (QED) is 0.717. The first-order valence-electron chi connectivity index (χ1n) is 7.19. The Morgan fingerprint density at radius 3 is 2.59 bits per heavy atom. The van der Waals surface area contributed by atoms with Crippen molar-refractivity contribution in [2.45, 2.75) is 44.1 Å². The lowest BCUT2D eigenvalue weighted by atomic mass is 10.0. The van der Waals surface area contributed by atoms with E-state index in [0.29, 0.717) is 41.2 Å². The number of rotatable bonds is 8. The van der Waals surface area contributed by atoms with Gasteiger partial charge < -0.3 is 9.84 Å². The predicted octanol–water partition coefficient (Wildman–Crippen LogP) is 3.68. The molecule has 1 heterocycles. The second kappa shape index (κ2) is 7.85. The molecule has 0 aliphatic heterocycles. The third kappa shape index (κ3) is 4.90. The summed E-state index contributed by atoms with van der Waals surface area (Å²) in [5, 5.41) is 18.5. The van der Waals surface area contributed by atoms with Gasteiger partial charge in [-0.1, -0.05) is 37.2 Å². The molecule has 0 spiro atoms. The van der Waals surface area contributed by atoms with Crippen LogP contribution >= 0.6 is 23.4 Å². The van der Waals surface area contributed by atoms with Gasteiger partial charge in [-0.15, -0.1) is 5.10 Å². The Morgan fingerprint density at radius 2 is 1.95 bits per heavy atom. The fraction of sp³-hybridized carbons (Fsp3) is 0.467. The summed E-state index contributed by atoms with van der Waals surface area (Å²) in [6.45, 7) is 4.27. The Kier molecular flexibility index (Phi) is 6.11. The second-order valence-electron chi connectivity index (χ2n) is 5.03. The zero-order valence-electron chi connectivity index (χ0n) is 12.7. The maximum absolute atomic E-state index is 10.2. The maximum atomic E-state index is 10.2. The van der Waals surface area contributed by atoms with E-state index in [0.717, 1.165) is 5.75 Å². The second-order valence-corrected chi connectivity index (χ2v) is 6.41. The minimum atomic E-state index is -0.661. The van der Waals surface area contributed by atoms with Crippen LogP contribution in [0.25, 0.3) is 0 Å². The van der Waals surface area contributed by atoms with E-state index in [1.807, 2.05) is 13.8 Å². The lowest BCUT2D eigenvalue weighted by molar-refractivity contribution is 0.0571. The number of halogens is 1. The topological polar surface area (TPSA) is 71.0 Å². The summed E-state index contributed by atoms with van der Waals surface area (Å²) < 4.78 is 5.60. The normalized spacial score (nSPS) is 11.6. The molecule has 1 aromatic carbocycles. The van der Waals surface area contributed by atoms with E-state index in [2.05, 4.69) is 15.2 Å². The number of aliphatic hydroxyl groups is 1. The highest BCUT2D eigenvalue weighted by Crippen LogP contribution is 2.24. The summed E-state index contributed by atoms with van der Waals surface area (Å²) in [4.78, 5) is 4.35. The third-order valence-corrected chi connectivity index (χ3v) is 4.86. The molecule has 0 radical (unpaired) electrons. The Morgan fingerprint density at radius 1 is 1.27 bits per heavy atom. The van der Waals surface area contributed by atoms with E-state index in [1.54, 1.807) is 24.3 Å². The van der Waals surface area contributed by atoms with Crippen LogP contribution in [0, 0.1) is 0 Å². The van der Waals surface area contributed by atoms with Gasteiger partial charge in [0.2, 0.25) is 5.16 Å². The van der Waals surface area contributed by atoms with Crippen molar-refractivity contribution in [3.63, 3.8) is 0 Å². The summed E-state index contributed by atoms with van der Waals surface area (Å²) in [5.74, 6) is 1.95. The van der Waals surface area contributed by atoms with Crippen molar-refractivity contribution in [3.8, 4) is 5.75 Å². The average Bonchev–Trinajstić information content (AvgIpc) is 3.00. The molecule has 2 aromatic rings. The summed E-state index contributed by atoms with van der Waals surface area (Å²) >= 11 is 7.26. The Hall–Kier alpha value is -1.24. The zero-order chi connectivity index (χ0) is 16.0. The van der Waals surface area contributed by atoms with Gasteiger partial charge in [-0.2, -0.15) is 0 Å². The molecular weight excluding hydrogens is 322 g/mol. The van der Waals surface area contributed by atoms with Crippen LogP contribution in [0.1, 0.15) is 32.5 Å². The molecule has 0 unspecified atom stereocenters. The molecule has 7 heteroatoms. The zero-order valence-corrected chi connectivity index (χ0v) is 14.2. The fourth-order valence-electron chi connectivity index (χ4n) is 1.74. The molecule has 0 saturated heterocycles. The van der Waals surface area contributed by atoms with Crippen LogP contribution in [-0.2, 0) is 6.61 Å². The van der Waals surface area contributed by atoms with Crippen LogP contribution in [0.5, 0.6) is 5.75 Å². The minimum Gasteiger partial charge on any atom is -0.486 e. The Balaban J connectivity index is 1.85. The van der Waals surface area contributed by atoms with Crippen molar-refractivity contribution < 1.29 is 9.84 Å². The number of thioether (sulfide) groups is 1. The summed E-state index contributed by atoms with van der Waals surface area (Å²) in [6, 6.07) is 7.15. The SMILES string of the molecule is CCC(O)(CC)CSc1n[nH]c(COc2ccc(Cl)cc2)n1. The van der Waals surface area contributed by atoms with Crippen molar-refractivity contribution in [3.05, 3.63) is 35.1 Å². The van der Waals surface area contributed by atoms with Crippen molar-refractivity contribution in [1.29, 1.82) is 0 Å². The van der Waals surface area contributed by atoms with Crippen LogP contribution < -0.4 is 4.74 Å². The third-order valence-electron chi connectivity index (χ3n) is 3.49. The van der Waals surface area contributed by atoms with Crippen molar-refractivity contribution in [1.82, 2.24) is 15.2 Å². The molecule has 0 bridgehead atoms. The van der Waals surface area contributed by atoms with Crippen LogP contribution in [0.4, 0.5) is 0 Å². The monoisotopic (exact) mass is 341 g/mol. The minimum absolute atomic E-state index is 0.307. The Labute approximate surface area is 139 Å². The van der Waals surface area contributed by atoms with Crippen LogP contribution in [-0.4, -0.2) is 31.6 Å². The van der Waals surface area contributed by atoms with Crippen LogP contribution in [0.2, 0.25) is 5.02 Å². The first-order valence-corrected chi connectivity index (χ1v) is 8.56. The molecule has 120 valence electrons. The standard InChI is InChI=1S/C15H20ClN3O2S/c1-3-15(20,4-2)10-22-14-17-13(18-19-14)9-21-12-7-5-11(16)6-8-12/h5-8,20H,3-4,9-10H2,1-2H3,(H,17,18,19). The van der Waals surface area contributed by atoms with Gasteiger partial charge in [0.15, 0.2) is 5.82 Å². The number of hydrogen-bond acceptors (Lipinski definition) is 5. The number of aromatic amines is 1. The molecule has 0 aliphatic carbocycles. The van der Waals surface area contributed by atoms with Gasteiger partial charge >= 0.3 is 0 Å². The lowest BCUT2D eigenvalue weighted by Crippen LogP contribution is -2.29. The molecule has 2 N–H and O–H groups in total. The number of hydrogen-bond donors (Lipinski definition) is 2. The molecule has 22 heavy (non-hydrogen) atoms. The van der Waals surface area contributed by atoms with Crippen molar-refractivity contribution in [2.24, 2.45) is 0 Å². The summed E-state index contributed by atoms with van der Waals surface area (Å²) in [5.41, 5.74) is -0.661. The van der Waals surface area contributed by atoms with E-state index >= 15 is 0 Å². The average molecular weight is 342 g/mol. The first kappa shape index (κ1) is 17.1. The fourth-order valence-corrected chi connectivity index (χ4v) is 2.96. The van der Waals surface area contributed by atoms with E-state index in [-0.39, 0.29) is 0 Å². The molecule has 0 atom stereocenters. The van der Waals surface area contributed by atoms with Crippen molar-refractivity contribution in [2.75, 3.05) is 5.75 Å². The number of nitrogens with one attached hydrogen (secondary N) is 1. The molecular formula is C15H20ClN3O2S. The molecule has 0 amide bonds. The largest absolute Gasteiger partial charge is 0.486 e. The Bertz CT molecular complexity index is 585. The molecule has 0 fully saturated rings. The molecule has 2 rings (SSSR count). The number of benzene rings is 1. The molecule has 1 aromatic heterocycles. The highest BCUT2D eigenvalue weighted by atomic mass is 35.5. The van der Waals surface area contributed by atoms with E-state index in [9.17, 15) is 5.11 Å². The van der Waals surface area contributed by atoms with Gasteiger partial charge in [0.05, 0.1) is 5.60 Å². The van der Waals surface area contributed by atoms with Gasteiger partial charge in [0.25, 0.3) is 0 Å². The first-order chi connectivity index (χ1) is 10.5. The molecule has 5 nitrogen and oxygen atoms in total. The van der Waals surface area contributed by atoms with Gasteiger partial charge in [0.1, 0.15) is 12.4 Å². The molecule has 0 aliphatic rings. The van der Waals surface area contributed by atoms with E-state index in [4.69, 9.17) is 16.3 Å². The highest BCUT2D eigenvalue weighted by Gasteiger charge is 2.23. The predicted molar refractivity (Wildman–Crippen MR) is 88.4 cm³/mol. The smallest absolute Gasteiger partial charge is 0.208 e. The van der Waals surface area contributed by atoms with Gasteiger partial charge in [0, 0.05) is 10.8 Å². The number of nitrogens with zero attached hydrogens (tertiary/aromatic N) is 2. The molecule has 0 saturated carbocycles. The van der Waals surface area contributed by atoms with Crippen LogP contribution in [0.15, 0.2) is 29.4 Å². The summed E-state index contributed by atoms with van der Waals surface area (Å²) in [6.07, 6.45) is 1.43. The number of ether oxygens (including phenoxy) is 1. The highest BCUT2D eigenvalue weighted by molar-refractivity contribution is 7.99. The maximum Gasteiger partial charge on any atom is 0.208 e. The van der Waals surface area contributed by atoms with Gasteiger partial charge in [-0.25, -0.2) is 4.98 Å². The van der Waals surface area contributed by atoms with Crippen LogP contribution in [0.3, 0.4) is 0 Å². The van der Waals surface area contributed by atoms with E-state index in [1.165, 1.54) is 11.8 Å². The van der Waals surface area contributed by atoms with Gasteiger partial charge in [-0.3, -0.25) is 5.10 Å². The number of H-pyrrole nitrogens is 1. The van der Waals surface area contributed by atoms with E-state index < -0.39 is 5.60 Å². The number of aromatic nitrogens is 3.